The molecule has 1 aromatic carbocycles. The van der Waals surface area contributed by atoms with Gasteiger partial charge in [-0.3, -0.25) is 0 Å². The molecule has 1 aromatic rings. The number of nitrogens with two attached hydrogens (primary N) is 1. The van der Waals surface area contributed by atoms with Gasteiger partial charge >= 0.3 is 0 Å². The minimum absolute atomic E-state index is 0.270. The molecular weight excluding hydrogens is 272 g/mol. The molecule has 1 aliphatic carbocycles. The first kappa shape index (κ1) is 15.2. The van der Waals surface area contributed by atoms with Gasteiger partial charge in [0.05, 0.1) is 16.3 Å². The summed E-state index contributed by atoms with van der Waals surface area (Å²) in [7, 11) is -3.19. The van der Waals surface area contributed by atoms with Crippen molar-refractivity contribution in [3.05, 3.63) is 18.2 Å². The highest BCUT2D eigenvalue weighted by Crippen LogP contribution is 2.30. The van der Waals surface area contributed by atoms with Crippen molar-refractivity contribution in [2.45, 2.75) is 37.5 Å². The molecule has 4 nitrogen and oxygen atoms in total. The molecule has 0 radical (unpaired) electrons. The maximum Gasteiger partial charge on any atom is 0.175 e. The van der Waals surface area contributed by atoms with Gasteiger partial charge in [0, 0.05) is 12.8 Å². The van der Waals surface area contributed by atoms with E-state index in [1.54, 1.807) is 12.1 Å². The van der Waals surface area contributed by atoms with Crippen LogP contribution in [-0.4, -0.2) is 21.2 Å². The van der Waals surface area contributed by atoms with E-state index >= 15 is 0 Å². The number of nitrogen functional groups attached to an aromatic ring is 1. The second kappa shape index (κ2) is 6.04. The predicted molar refractivity (Wildman–Crippen MR) is 83.6 cm³/mol. The summed E-state index contributed by atoms with van der Waals surface area (Å²) < 4.78 is 22.9. The van der Waals surface area contributed by atoms with Crippen LogP contribution >= 0.6 is 0 Å². The molecular formula is C15H24N2O2S. The Kier molecular flexibility index (Phi) is 4.58. The molecule has 0 bridgehead atoms. The summed E-state index contributed by atoms with van der Waals surface area (Å²) in [5.41, 5.74) is 7.27. The van der Waals surface area contributed by atoms with Crippen molar-refractivity contribution in [1.29, 1.82) is 0 Å². The monoisotopic (exact) mass is 296 g/mol. The number of benzene rings is 1. The lowest BCUT2D eigenvalue weighted by Crippen LogP contribution is -2.24. The fraction of sp³-hybridized carbons (Fsp3) is 0.600. The first-order chi connectivity index (χ1) is 9.38. The molecule has 112 valence electrons. The molecule has 5 heteroatoms. The molecule has 1 fully saturated rings. The third-order valence-electron chi connectivity index (χ3n) is 4.30. The fourth-order valence-electron chi connectivity index (χ4n) is 2.87. The highest BCUT2D eigenvalue weighted by atomic mass is 32.2. The first-order valence-electron chi connectivity index (χ1n) is 7.21. The van der Waals surface area contributed by atoms with Gasteiger partial charge in [-0.15, -0.1) is 0 Å². The summed E-state index contributed by atoms with van der Waals surface area (Å²) in [5.74, 6) is 1.42. The van der Waals surface area contributed by atoms with Crippen LogP contribution in [0.2, 0.25) is 0 Å². The zero-order valence-electron chi connectivity index (χ0n) is 12.2. The molecule has 0 amide bonds. The van der Waals surface area contributed by atoms with E-state index in [4.69, 9.17) is 5.73 Å². The second-order valence-electron chi connectivity index (χ2n) is 5.92. The van der Waals surface area contributed by atoms with E-state index in [-0.39, 0.29) is 4.90 Å². The van der Waals surface area contributed by atoms with Gasteiger partial charge in [0.2, 0.25) is 0 Å². The van der Waals surface area contributed by atoms with Gasteiger partial charge in [0.1, 0.15) is 0 Å². The zero-order valence-corrected chi connectivity index (χ0v) is 13.0. The Morgan fingerprint density at radius 1 is 1.30 bits per heavy atom. The van der Waals surface area contributed by atoms with Gasteiger partial charge < -0.3 is 11.1 Å². The third-order valence-corrected chi connectivity index (χ3v) is 5.41. The molecule has 0 heterocycles. The van der Waals surface area contributed by atoms with E-state index in [0.717, 1.165) is 18.2 Å². The largest absolute Gasteiger partial charge is 0.397 e. The second-order valence-corrected chi connectivity index (χ2v) is 7.94. The van der Waals surface area contributed by atoms with E-state index in [0.29, 0.717) is 11.6 Å². The third kappa shape index (κ3) is 3.66. The highest BCUT2D eigenvalue weighted by molar-refractivity contribution is 7.90. The smallest absolute Gasteiger partial charge is 0.175 e. The Balaban J connectivity index is 2.03. The van der Waals surface area contributed by atoms with Gasteiger partial charge in [-0.05, 0) is 36.5 Å². The highest BCUT2D eigenvalue weighted by Gasteiger charge is 2.21. The predicted octanol–water partition coefficient (Wildman–Crippen LogP) is 2.91. The van der Waals surface area contributed by atoms with Crippen molar-refractivity contribution >= 4 is 21.2 Å². The zero-order chi connectivity index (χ0) is 14.8. The number of nitrogens with one attached hydrogen (secondary N) is 1. The van der Waals surface area contributed by atoms with Crippen LogP contribution in [0.4, 0.5) is 11.4 Å². The van der Waals surface area contributed by atoms with Crippen LogP contribution in [0.25, 0.3) is 0 Å². The molecule has 0 spiro atoms. The van der Waals surface area contributed by atoms with E-state index < -0.39 is 9.84 Å². The summed E-state index contributed by atoms with van der Waals surface area (Å²) in [4.78, 5) is 0.270. The van der Waals surface area contributed by atoms with Crippen LogP contribution < -0.4 is 11.1 Å². The summed E-state index contributed by atoms with van der Waals surface area (Å²) >= 11 is 0. The van der Waals surface area contributed by atoms with Crippen molar-refractivity contribution in [3.8, 4) is 0 Å². The Morgan fingerprint density at radius 3 is 2.60 bits per heavy atom. The Labute approximate surface area is 121 Å². The molecule has 1 aliphatic rings. The molecule has 0 saturated heterocycles. The minimum atomic E-state index is -3.19. The van der Waals surface area contributed by atoms with Gasteiger partial charge in [-0.1, -0.05) is 26.2 Å². The van der Waals surface area contributed by atoms with Crippen LogP contribution in [0, 0.1) is 11.8 Å². The standard InChI is InChI=1S/C15H24N2O2S/c1-11-5-3-4-6-12(11)10-17-15-8-7-13(9-14(15)16)20(2,18)19/h7-9,11-12,17H,3-6,10,16H2,1-2H3. The number of rotatable bonds is 4. The lowest BCUT2D eigenvalue weighted by atomic mass is 9.80. The molecule has 2 rings (SSSR count). The number of hydrogen-bond acceptors (Lipinski definition) is 4. The number of hydrogen-bond donors (Lipinski definition) is 2. The Morgan fingerprint density at radius 2 is 2.00 bits per heavy atom. The molecule has 20 heavy (non-hydrogen) atoms. The van der Waals surface area contributed by atoms with Crippen LogP contribution in [0.5, 0.6) is 0 Å². The fourth-order valence-corrected chi connectivity index (χ4v) is 3.53. The van der Waals surface area contributed by atoms with E-state index in [9.17, 15) is 8.42 Å². The minimum Gasteiger partial charge on any atom is -0.397 e. The van der Waals surface area contributed by atoms with Crippen molar-refractivity contribution in [1.82, 2.24) is 0 Å². The first-order valence-corrected chi connectivity index (χ1v) is 9.10. The van der Waals surface area contributed by atoms with E-state index in [1.807, 2.05) is 0 Å². The topological polar surface area (TPSA) is 72.2 Å². The van der Waals surface area contributed by atoms with Crippen molar-refractivity contribution in [2.24, 2.45) is 11.8 Å². The van der Waals surface area contributed by atoms with Gasteiger partial charge in [-0.2, -0.15) is 0 Å². The molecule has 0 aromatic heterocycles. The SMILES string of the molecule is CC1CCCCC1CNc1ccc(S(C)(=O)=O)cc1N. The summed E-state index contributed by atoms with van der Waals surface area (Å²) in [6.45, 7) is 3.21. The number of sulfone groups is 1. The van der Waals surface area contributed by atoms with E-state index in [2.05, 4.69) is 12.2 Å². The van der Waals surface area contributed by atoms with Crippen LogP contribution in [0.1, 0.15) is 32.6 Å². The summed E-state index contributed by atoms with van der Waals surface area (Å²) in [5, 5.41) is 3.37. The van der Waals surface area contributed by atoms with Crippen molar-refractivity contribution in [3.63, 3.8) is 0 Å². The van der Waals surface area contributed by atoms with Gasteiger partial charge in [0.25, 0.3) is 0 Å². The van der Waals surface area contributed by atoms with Crippen LogP contribution in [0.3, 0.4) is 0 Å². The van der Waals surface area contributed by atoms with Gasteiger partial charge in [0.15, 0.2) is 9.84 Å². The van der Waals surface area contributed by atoms with Crippen molar-refractivity contribution < 1.29 is 8.42 Å². The maximum atomic E-state index is 11.5. The summed E-state index contributed by atoms with van der Waals surface area (Å²) in [6, 6.07) is 4.90. The molecule has 2 atom stereocenters. The number of anilines is 2. The van der Waals surface area contributed by atoms with Crippen molar-refractivity contribution in [2.75, 3.05) is 23.9 Å². The van der Waals surface area contributed by atoms with Gasteiger partial charge in [-0.25, -0.2) is 8.42 Å². The van der Waals surface area contributed by atoms with Crippen LogP contribution in [0.15, 0.2) is 23.1 Å². The molecule has 0 aliphatic heterocycles. The van der Waals surface area contributed by atoms with E-state index in [1.165, 1.54) is 38.0 Å². The average molecular weight is 296 g/mol. The van der Waals surface area contributed by atoms with Crippen LogP contribution in [-0.2, 0) is 9.84 Å². The Bertz CT molecular complexity index is 569. The molecule has 2 unspecified atom stereocenters. The summed E-state index contributed by atoms with van der Waals surface area (Å²) in [6.07, 6.45) is 6.39. The molecule has 3 N–H and O–H groups in total. The molecule has 1 saturated carbocycles. The lowest BCUT2D eigenvalue weighted by Gasteiger charge is -2.29. The Hall–Kier alpha value is -1.23. The normalized spacial score (nSPS) is 23.5. The lowest BCUT2D eigenvalue weighted by molar-refractivity contribution is 0.268. The maximum absolute atomic E-state index is 11.5. The average Bonchev–Trinajstić information content (AvgIpc) is 2.38. The quantitative estimate of drug-likeness (QED) is 0.838.